The summed E-state index contributed by atoms with van der Waals surface area (Å²) in [7, 11) is 2.14. The molecule has 18 heavy (non-hydrogen) atoms. The van der Waals surface area contributed by atoms with Crippen LogP contribution < -0.4 is 0 Å². The highest BCUT2D eigenvalue weighted by Crippen LogP contribution is 2.13. The molecule has 0 amide bonds. The topological polar surface area (TPSA) is 42.6 Å². The van der Waals surface area contributed by atoms with Crippen LogP contribution in [-0.4, -0.2) is 46.6 Å². The second-order valence-electron chi connectivity index (χ2n) is 4.83. The molecule has 1 aliphatic rings. The van der Waals surface area contributed by atoms with Crippen LogP contribution in [0, 0.1) is 0 Å². The van der Waals surface area contributed by atoms with E-state index in [4.69, 9.17) is 4.84 Å². The van der Waals surface area contributed by atoms with Crippen LogP contribution in [0.1, 0.15) is 26.2 Å². The van der Waals surface area contributed by atoms with Crippen LogP contribution in [-0.2, 0) is 11.4 Å². The molecule has 0 aliphatic carbocycles. The van der Waals surface area contributed by atoms with E-state index in [0.717, 1.165) is 38.9 Å². The van der Waals surface area contributed by atoms with Crippen molar-refractivity contribution >= 4 is 5.71 Å². The highest BCUT2D eigenvalue weighted by atomic mass is 16.6. The van der Waals surface area contributed by atoms with Gasteiger partial charge in [-0.2, -0.15) is 5.10 Å². The fourth-order valence-corrected chi connectivity index (χ4v) is 2.17. The lowest BCUT2D eigenvalue weighted by atomic mass is 10.1. The Labute approximate surface area is 108 Å². The molecular formula is C13H22N4O. The van der Waals surface area contributed by atoms with Crippen molar-refractivity contribution < 1.29 is 4.84 Å². The Morgan fingerprint density at radius 3 is 3.11 bits per heavy atom. The van der Waals surface area contributed by atoms with Crippen molar-refractivity contribution in [2.75, 3.05) is 20.1 Å². The van der Waals surface area contributed by atoms with E-state index in [2.05, 4.69) is 29.1 Å². The monoisotopic (exact) mass is 250 g/mol. The number of hydrogen-bond donors (Lipinski definition) is 0. The molecule has 5 heteroatoms. The molecule has 1 aliphatic heterocycles. The summed E-state index contributed by atoms with van der Waals surface area (Å²) in [5.41, 5.74) is 1.19. The number of likely N-dealkylation sites (N-methyl/N-ethyl adjacent to an activating group) is 1. The molecule has 5 nitrogen and oxygen atoms in total. The van der Waals surface area contributed by atoms with Gasteiger partial charge in [0.2, 0.25) is 0 Å². The van der Waals surface area contributed by atoms with Crippen molar-refractivity contribution in [3.05, 3.63) is 18.5 Å². The molecule has 0 spiro atoms. The average molecular weight is 250 g/mol. The second-order valence-corrected chi connectivity index (χ2v) is 4.83. The fourth-order valence-electron chi connectivity index (χ4n) is 2.17. The summed E-state index contributed by atoms with van der Waals surface area (Å²) in [5, 5.41) is 8.28. The van der Waals surface area contributed by atoms with E-state index in [-0.39, 0.29) is 6.10 Å². The lowest BCUT2D eigenvalue weighted by Crippen LogP contribution is -2.30. The van der Waals surface area contributed by atoms with Gasteiger partial charge >= 0.3 is 0 Å². The first-order chi connectivity index (χ1) is 8.78. The van der Waals surface area contributed by atoms with Gasteiger partial charge in [-0.3, -0.25) is 4.68 Å². The quantitative estimate of drug-likeness (QED) is 0.740. The normalized spacial score (nSPS) is 19.1. The molecule has 1 aromatic rings. The van der Waals surface area contributed by atoms with Crippen molar-refractivity contribution in [2.45, 2.75) is 38.8 Å². The zero-order valence-corrected chi connectivity index (χ0v) is 11.2. The van der Waals surface area contributed by atoms with Crippen LogP contribution in [0.4, 0.5) is 0 Å². The Kier molecular flexibility index (Phi) is 4.75. The zero-order chi connectivity index (χ0) is 12.8. The van der Waals surface area contributed by atoms with Gasteiger partial charge in [0, 0.05) is 31.9 Å². The van der Waals surface area contributed by atoms with E-state index < -0.39 is 0 Å². The number of nitrogens with zero attached hydrogens (tertiary/aromatic N) is 4. The first-order valence-corrected chi connectivity index (χ1v) is 6.65. The lowest BCUT2D eigenvalue weighted by Gasteiger charge is -2.19. The zero-order valence-electron chi connectivity index (χ0n) is 11.2. The minimum Gasteiger partial charge on any atom is -0.391 e. The molecule has 0 N–H and O–H groups in total. The maximum absolute atomic E-state index is 5.41. The summed E-state index contributed by atoms with van der Waals surface area (Å²) in [4.78, 5) is 7.72. The van der Waals surface area contributed by atoms with Crippen LogP contribution in [0.15, 0.2) is 23.6 Å². The number of aryl methyl sites for hydroxylation is 1. The van der Waals surface area contributed by atoms with Gasteiger partial charge in [0.25, 0.3) is 0 Å². The average Bonchev–Trinajstić information content (AvgIpc) is 3.00. The van der Waals surface area contributed by atoms with E-state index in [1.165, 1.54) is 5.71 Å². The van der Waals surface area contributed by atoms with Crippen LogP contribution >= 0.6 is 0 Å². The number of oxime groups is 1. The minimum atomic E-state index is 0.245. The molecule has 2 heterocycles. The summed E-state index contributed by atoms with van der Waals surface area (Å²) >= 11 is 0. The smallest absolute Gasteiger partial charge is 0.145 e. The summed E-state index contributed by atoms with van der Waals surface area (Å²) in [6, 6.07) is 1.96. The molecule has 0 bridgehead atoms. The van der Waals surface area contributed by atoms with Crippen molar-refractivity contribution in [3.63, 3.8) is 0 Å². The standard InChI is InChI=1S/C13H22N4O/c1-3-12-10-13(18-15-12)11-16(2)7-5-9-17-8-4-6-14-17/h4,6,8,13H,3,5,7,9-11H2,1-2H3/t13-/m1/s1. The largest absolute Gasteiger partial charge is 0.391 e. The predicted molar refractivity (Wildman–Crippen MR) is 71.6 cm³/mol. The Morgan fingerprint density at radius 1 is 1.56 bits per heavy atom. The van der Waals surface area contributed by atoms with Gasteiger partial charge in [-0.25, -0.2) is 0 Å². The van der Waals surface area contributed by atoms with E-state index in [9.17, 15) is 0 Å². The molecule has 2 rings (SSSR count). The fraction of sp³-hybridized carbons (Fsp3) is 0.692. The van der Waals surface area contributed by atoms with Crippen molar-refractivity contribution in [1.29, 1.82) is 0 Å². The summed E-state index contributed by atoms with van der Waals surface area (Å²) in [5.74, 6) is 0. The lowest BCUT2D eigenvalue weighted by molar-refractivity contribution is 0.0588. The first kappa shape index (κ1) is 13.1. The second kappa shape index (κ2) is 6.54. The first-order valence-electron chi connectivity index (χ1n) is 6.65. The number of rotatable bonds is 7. The number of hydrogen-bond acceptors (Lipinski definition) is 4. The Bertz CT molecular complexity index is 374. The van der Waals surface area contributed by atoms with Gasteiger partial charge < -0.3 is 9.74 Å². The molecule has 0 saturated carbocycles. The SMILES string of the molecule is CCC1=NO[C@@H](CN(C)CCCn2cccn2)C1. The Morgan fingerprint density at radius 2 is 2.44 bits per heavy atom. The minimum absolute atomic E-state index is 0.245. The highest BCUT2D eigenvalue weighted by Gasteiger charge is 2.20. The molecule has 0 aromatic carbocycles. The molecule has 1 aromatic heterocycles. The van der Waals surface area contributed by atoms with Crippen molar-refractivity contribution in [1.82, 2.24) is 14.7 Å². The molecule has 0 fully saturated rings. The highest BCUT2D eigenvalue weighted by molar-refractivity contribution is 5.85. The molecule has 0 unspecified atom stereocenters. The van der Waals surface area contributed by atoms with E-state index >= 15 is 0 Å². The summed E-state index contributed by atoms with van der Waals surface area (Å²) < 4.78 is 1.97. The third kappa shape index (κ3) is 3.84. The maximum Gasteiger partial charge on any atom is 0.145 e. The van der Waals surface area contributed by atoms with Gasteiger partial charge in [0.05, 0.1) is 5.71 Å². The molecule has 0 saturated heterocycles. The number of aromatic nitrogens is 2. The van der Waals surface area contributed by atoms with Crippen LogP contribution in [0.25, 0.3) is 0 Å². The Balaban J connectivity index is 1.60. The predicted octanol–water partition coefficient (Wildman–Crippen LogP) is 1.76. The van der Waals surface area contributed by atoms with Crippen molar-refractivity contribution in [2.24, 2.45) is 5.16 Å². The molecular weight excluding hydrogens is 228 g/mol. The van der Waals surface area contributed by atoms with E-state index in [1.807, 2.05) is 23.1 Å². The summed E-state index contributed by atoms with van der Waals surface area (Å²) in [6.07, 6.45) is 7.15. The third-order valence-corrected chi connectivity index (χ3v) is 3.20. The Hall–Kier alpha value is -1.36. The van der Waals surface area contributed by atoms with Crippen LogP contribution in [0.3, 0.4) is 0 Å². The van der Waals surface area contributed by atoms with Crippen LogP contribution in [0.2, 0.25) is 0 Å². The summed E-state index contributed by atoms with van der Waals surface area (Å²) in [6.45, 7) is 5.10. The van der Waals surface area contributed by atoms with Gasteiger partial charge in [0.15, 0.2) is 0 Å². The molecule has 0 radical (unpaired) electrons. The van der Waals surface area contributed by atoms with Gasteiger partial charge in [-0.1, -0.05) is 12.1 Å². The molecule has 100 valence electrons. The van der Waals surface area contributed by atoms with E-state index in [0.29, 0.717) is 0 Å². The van der Waals surface area contributed by atoms with Gasteiger partial charge in [-0.05, 0) is 32.5 Å². The molecule has 1 atom stereocenters. The van der Waals surface area contributed by atoms with Crippen LogP contribution in [0.5, 0.6) is 0 Å². The maximum atomic E-state index is 5.41. The van der Waals surface area contributed by atoms with Crippen molar-refractivity contribution in [3.8, 4) is 0 Å². The van der Waals surface area contributed by atoms with Gasteiger partial charge in [-0.15, -0.1) is 0 Å². The van der Waals surface area contributed by atoms with E-state index in [1.54, 1.807) is 0 Å². The van der Waals surface area contributed by atoms with Gasteiger partial charge in [0.1, 0.15) is 6.10 Å². The third-order valence-electron chi connectivity index (χ3n) is 3.20.